The molecule has 0 aliphatic carbocycles. The second-order valence-electron chi connectivity index (χ2n) is 6.09. The van der Waals surface area contributed by atoms with Gasteiger partial charge in [0.05, 0.1) is 4.92 Å². The first-order valence-corrected chi connectivity index (χ1v) is 7.97. The van der Waals surface area contributed by atoms with Gasteiger partial charge in [-0.15, -0.1) is 0 Å². The van der Waals surface area contributed by atoms with Crippen molar-refractivity contribution < 1.29 is 4.92 Å². The molecule has 114 valence electrons. The molecule has 21 heavy (non-hydrogen) atoms. The third-order valence-corrected chi connectivity index (χ3v) is 4.78. The zero-order valence-electron chi connectivity index (χ0n) is 12.4. The summed E-state index contributed by atoms with van der Waals surface area (Å²) in [5.41, 5.74) is 1.28. The second kappa shape index (κ2) is 6.43. The van der Waals surface area contributed by atoms with Crippen LogP contribution in [0.5, 0.6) is 0 Å². The topological polar surface area (TPSA) is 49.6 Å². The standard InChI is InChI=1S/C16H23N3O2/c20-19(21)16-7-5-15(6-8-16)18-12-3-4-14(9-13-18)17-10-1-2-11-17/h5-8,14H,1-4,9-13H2. The highest BCUT2D eigenvalue weighted by Gasteiger charge is 2.24. The van der Waals surface area contributed by atoms with E-state index >= 15 is 0 Å². The predicted octanol–water partition coefficient (Wildman–Crippen LogP) is 3.05. The summed E-state index contributed by atoms with van der Waals surface area (Å²) in [5, 5.41) is 10.7. The van der Waals surface area contributed by atoms with Crippen molar-refractivity contribution in [2.24, 2.45) is 0 Å². The van der Waals surface area contributed by atoms with E-state index in [-0.39, 0.29) is 10.6 Å². The van der Waals surface area contributed by atoms with Crippen LogP contribution in [-0.2, 0) is 0 Å². The van der Waals surface area contributed by atoms with Crippen molar-refractivity contribution in [3.8, 4) is 0 Å². The second-order valence-corrected chi connectivity index (χ2v) is 6.09. The van der Waals surface area contributed by atoms with Gasteiger partial charge in [0.1, 0.15) is 0 Å². The molecule has 1 atom stereocenters. The molecule has 0 N–H and O–H groups in total. The maximum absolute atomic E-state index is 10.7. The molecule has 5 heteroatoms. The van der Waals surface area contributed by atoms with Gasteiger partial charge in [-0.1, -0.05) is 0 Å². The van der Waals surface area contributed by atoms with Crippen LogP contribution in [0.15, 0.2) is 24.3 Å². The average Bonchev–Trinajstić information content (AvgIpc) is 2.92. The van der Waals surface area contributed by atoms with Gasteiger partial charge in [-0.3, -0.25) is 10.1 Å². The number of nitro groups is 1. The Hall–Kier alpha value is -1.62. The van der Waals surface area contributed by atoms with Crippen molar-refractivity contribution >= 4 is 11.4 Å². The summed E-state index contributed by atoms with van der Waals surface area (Å²) in [6.45, 7) is 4.64. The van der Waals surface area contributed by atoms with E-state index in [1.165, 1.54) is 45.2 Å². The molecule has 1 unspecified atom stereocenters. The molecule has 0 spiro atoms. The molecule has 2 aliphatic rings. The van der Waals surface area contributed by atoms with Crippen LogP contribution < -0.4 is 4.90 Å². The first-order valence-electron chi connectivity index (χ1n) is 7.97. The van der Waals surface area contributed by atoms with Crippen molar-refractivity contribution in [2.75, 3.05) is 31.1 Å². The first kappa shape index (κ1) is 14.3. The minimum atomic E-state index is -0.338. The van der Waals surface area contributed by atoms with E-state index in [9.17, 15) is 10.1 Å². The molecule has 0 bridgehead atoms. The molecule has 5 nitrogen and oxygen atoms in total. The Kier molecular flexibility index (Phi) is 4.39. The van der Waals surface area contributed by atoms with Crippen molar-refractivity contribution in [3.05, 3.63) is 34.4 Å². The third-order valence-electron chi connectivity index (χ3n) is 4.78. The summed E-state index contributed by atoms with van der Waals surface area (Å²) in [4.78, 5) is 15.4. The minimum Gasteiger partial charge on any atom is -0.371 e. The molecule has 1 aromatic carbocycles. The van der Waals surface area contributed by atoms with Crippen molar-refractivity contribution in [2.45, 2.75) is 38.1 Å². The highest BCUT2D eigenvalue weighted by Crippen LogP contribution is 2.25. The van der Waals surface area contributed by atoms with Crippen LogP contribution >= 0.6 is 0 Å². The molecule has 2 saturated heterocycles. The predicted molar refractivity (Wildman–Crippen MR) is 83.8 cm³/mol. The lowest BCUT2D eigenvalue weighted by molar-refractivity contribution is -0.384. The fraction of sp³-hybridized carbons (Fsp3) is 0.625. The van der Waals surface area contributed by atoms with Crippen LogP contribution in [0, 0.1) is 10.1 Å². The van der Waals surface area contributed by atoms with Crippen LogP contribution in [0.2, 0.25) is 0 Å². The van der Waals surface area contributed by atoms with E-state index in [1.54, 1.807) is 12.1 Å². The lowest BCUT2D eigenvalue weighted by Crippen LogP contribution is -2.33. The Balaban J connectivity index is 1.62. The summed E-state index contributed by atoms with van der Waals surface area (Å²) in [5.74, 6) is 0. The summed E-state index contributed by atoms with van der Waals surface area (Å²) >= 11 is 0. The Morgan fingerprint density at radius 3 is 2.33 bits per heavy atom. The van der Waals surface area contributed by atoms with Gasteiger partial charge < -0.3 is 9.80 Å². The minimum absolute atomic E-state index is 0.170. The molecular formula is C16H23N3O2. The number of nitrogens with zero attached hydrogens (tertiary/aromatic N) is 3. The van der Waals surface area contributed by atoms with Crippen LogP contribution in [0.25, 0.3) is 0 Å². The largest absolute Gasteiger partial charge is 0.371 e. The van der Waals surface area contributed by atoms with Crippen LogP contribution in [0.1, 0.15) is 32.1 Å². The van der Waals surface area contributed by atoms with Gasteiger partial charge in [0.25, 0.3) is 5.69 Å². The average molecular weight is 289 g/mol. The van der Waals surface area contributed by atoms with E-state index < -0.39 is 0 Å². The highest BCUT2D eigenvalue weighted by molar-refractivity contribution is 5.50. The monoisotopic (exact) mass is 289 g/mol. The van der Waals surface area contributed by atoms with Crippen molar-refractivity contribution in [1.29, 1.82) is 0 Å². The molecule has 2 fully saturated rings. The van der Waals surface area contributed by atoms with Gasteiger partial charge in [-0.25, -0.2) is 0 Å². The van der Waals surface area contributed by atoms with Gasteiger partial charge in [0, 0.05) is 37.0 Å². The van der Waals surface area contributed by atoms with E-state index in [0.29, 0.717) is 0 Å². The number of likely N-dealkylation sites (tertiary alicyclic amines) is 1. The molecule has 0 amide bonds. The maximum Gasteiger partial charge on any atom is 0.269 e. The lowest BCUT2D eigenvalue weighted by Gasteiger charge is -2.27. The summed E-state index contributed by atoms with van der Waals surface area (Å²) in [6.07, 6.45) is 6.39. The van der Waals surface area contributed by atoms with Gasteiger partial charge in [-0.2, -0.15) is 0 Å². The number of anilines is 1. The van der Waals surface area contributed by atoms with Gasteiger partial charge >= 0.3 is 0 Å². The number of non-ortho nitro benzene ring substituents is 1. The normalized spacial score (nSPS) is 24.0. The Morgan fingerprint density at radius 2 is 1.67 bits per heavy atom. The Bertz CT molecular complexity index is 483. The Labute approximate surface area is 125 Å². The zero-order chi connectivity index (χ0) is 14.7. The van der Waals surface area contributed by atoms with E-state index in [1.807, 2.05) is 12.1 Å². The van der Waals surface area contributed by atoms with Gasteiger partial charge in [-0.05, 0) is 57.3 Å². The molecule has 2 aliphatic heterocycles. The molecule has 3 rings (SSSR count). The van der Waals surface area contributed by atoms with Crippen LogP contribution in [-0.4, -0.2) is 42.0 Å². The number of hydrogen-bond donors (Lipinski definition) is 0. The fourth-order valence-corrected chi connectivity index (χ4v) is 3.59. The summed E-state index contributed by atoms with van der Waals surface area (Å²) in [6, 6.07) is 7.72. The Morgan fingerprint density at radius 1 is 0.952 bits per heavy atom. The highest BCUT2D eigenvalue weighted by atomic mass is 16.6. The number of nitro benzene ring substituents is 1. The van der Waals surface area contributed by atoms with E-state index in [4.69, 9.17) is 0 Å². The smallest absolute Gasteiger partial charge is 0.269 e. The molecule has 1 aromatic rings. The van der Waals surface area contributed by atoms with Crippen molar-refractivity contribution in [1.82, 2.24) is 4.90 Å². The van der Waals surface area contributed by atoms with E-state index in [0.717, 1.165) is 24.8 Å². The van der Waals surface area contributed by atoms with Gasteiger partial charge in [0.2, 0.25) is 0 Å². The quantitative estimate of drug-likeness (QED) is 0.634. The molecule has 0 radical (unpaired) electrons. The number of hydrogen-bond acceptors (Lipinski definition) is 4. The maximum atomic E-state index is 10.7. The van der Waals surface area contributed by atoms with Crippen LogP contribution in [0.3, 0.4) is 0 Å². The SMILES string of the molecule is O=[N+]([O-])c1ccc(N2CCCC(N3CCCC3)CC2)cc1. The molecule has 2 heterocycles. The molecule has 0 aromatic heterocycles. The summed E-state index contributed by atoms with van der Waals surface area (Å²) < 4.78 is 0. The third kappa shape index (κ3) is 3.35. The number of benzene rings is 1. The van der Waals surface area contributed by atoms with Crippen LogP contribution in [0.4, 0.5) is 11.4 Å². The molecule has 0 saturated carbocycles. The molecular weight excluding hydrogens is 266 g/mol. The van der Waals surface area contributed by atoms with Gasteiger partial charge in [0.15, 0.2) is 0 Å². The van der Waals surface area contributed by atoms with Crippen molar-refractivity contribution in [3.63, 3.8) is 0 Å². The summed E-state index contributed by atoms with van der Waals surface area (Å²) in [7, 11) is 0. The lowest BCUT2D eigenvalue weighted by atomic mass is 10.1. The zero-order valence-corrected chi connectivity index (χ0v) is 12.4. The van der Waals surface area contributed by atoms with E-state index in [2.05, 4.69) is 9.80 Å². The first-order chi connectivity index (χ1) is 10.2. The fourth-order valence-electron chi connectivity index (χ4n) is 3.59. The number of rotatable bonds is 3.